The van der Waals surface area contributed by atoms with Crippen LogP contribution in [0.25, 0.3) is 0 Å². The van der Waals surface area contributed by atoms with Gasteiger partial charge in [0.15, 0.2) is 0 Å². The molecular formula is C12H21ClN2O. The maximum absolute atomic E-state index is 12.1. The number of carbonyl (C=O) groups excluding carboxylic acids is 1. The number of rotatable bonds is 3. The Balaban J connectivity index is 0.000000963. The van der Waals surface area contributed by atoms with Crippen LogP contribution in [0.4, 0.5) is 0 Å². The van der Waals surface area contributed by atoms with E-state index in [1.807, 2.05) is 11.9 Å². The summed E-state index contributed by atoms with van der Waals surface area (Å²) in [5, 5.41) is 3.32. The van der Waals surface area contributed by atoms with Crippen LogP contribution in [0.3, 0.4) is 0 Å². The summed E-state index contributed by atoms with van der Waals surface area (Å²) < 4.78 is 0. The molecule has 0 aromatic rings. The number of nitrogens with zero attached hydrogens (tertiary/aromatic N) is 1. The van der Waals surface area contributed by atoms with Crippen molar-refractivity contribution >= 4 is 18.3 Å². The quantitative estimate of drug-likeness (QED) is 0.811. The highest BCUT2D eigenvalue weighted by atomic mass is 35.5. The van der Waals surface area contributed by atoms with Crippen molar-refractivity contribution in [3.05, 3.63) is 0 Å². The molecule has 1 heterocycles. The molecule has 3 rings (SSSR count). The van der Waals surface area contributed by atoms with Gasteiger partial charge in [-0.25, -0.2) is 0 Å². The Morgan fingerprint density at radius 3 is 2.62 bits per heavy atom. The number of hydrogen-bond donors (Lipinski definition) is 1. The van der Waals surface area contributed by atoms with Crippen LogP contribution < -0.4 is 5.32 Å². The fourth-order valence-electron chi connectivity index (χ4n) is 2.96. The Bertz CT molecular complexity index is 274. The van der Waals surface area contributed by atoms with Crippen LogP contribution in [-0.4, -0.2) is 37.0 Å². The zero-order valence-electron chi connectivity index (χ0n) is 9.82. The number of halogens is 1. The van der Waals surface area contributed by atoms with Gasteiger partial charge in [-0.2, -0.15) is 0 Å². The fourth-order valence-corrected chi connectivity index (χ4v) is 2.96. The first-order chi connectivity index (χ1) is 7.27. The SMILES string of the molecule is CN(C(=O)C1CC1C1CC1)C1CCNC1.Cl. The van der Waals surface area contributed by atoms with Crippen LogP contribution in [0.1, 0.15) is 25.7 Å². The summed E-state index contributed by atoms with van der Waals surface area (Å²) in [6.45, 7) is 2.06. The molecule has 4 heteroatoms. The topological polar surface area (TPSA) is 32.3 Å². The Morgan fingerprint density at radius 1 is 1.31 bits per heavy atom. The molecule has 0 radical (unpaired) electrons. The minimum Gasteiger partial charge on any atom is -0.341 e. The maximum atomic E-state index is 12.1. The van der Waals surface area contributed by atoms with Crippen LogP contribution >= 0.6 is 12.4 Å². The van der Waals surface area contributed by atoms with Crippen molar-refractivity contribution in [2.24, 2.45) is 17.8 Å². The number of likely N-dealkylation sites (N-methyl/N-ethyl adjacent to an activating group) is 1. The van der Waals surface area contributed by atoms with Crippen molar-refractivity contribution in [3.8, 4) is 0 Å². The van der Waals surface area contributed by atoms with E-state index >= 15 is 0 Å². The predicted octanol–water partition coefficient (Wildman–Crippen LogP) is 1.27. The third-order valence-electron chi connectivity index (χ3n) is 4.31. The average Bonchev–Trinajstić information content (AvgIpc) is 3.12. The molecule has 3 unspecified atom stereocenters. The average molecular weight is 245 g/mol. The first-order valence-electron chi connectivity index (χ1n) is 6.25. The monoisotopic (exact) mass is 244 g/mol. The summed E-state index contributed by atoms with van der Waals surface area (Å²) in [4.78, 5) is 14.1. The Kier molecular flexibility index (Phi) is 3.45. The molecule has 16 heavy (non-hydrogen) atoms. The van der Waals surface area contributed by atoms with Crippen molar-refractivity contribution in [1.82, 2.24) is 10.2 Å². The van der Waals surface area contributed by atoms with Crippen LogP contribution in [-0.2, 0) is 4.79 Å². The smallest absolute Gasteiger partial charge is 0.226 e. The van der Waals surface area contributed by atoms with Gasteiger partial charge < -0.3 is 10.2 Å². The molecule has 1 saturated heterocycles. The summed E-state index contributed by atoms with van der Waals surface area (Å²) >= 11 is 0. The first-order valence-corrected chi connectivity index (χ1v) is 6.25. The Labute approximate surface area is 103 Å². The third-order valence-corrected chi connectivity index (χ3v) is 4.31. The van der Waals surface area contributed by atoms with Crippen molar-refractivity contribution in [1.29, 1.82) is 0 Å². The lowest BCUT2D eigenvalue weighted by molar-refractivity contribution is -0.133. The highest BCUT2D eigenvalue weighted by Crippen LogP contribution is 2.54. The molecule has 3 aliphatic rings. The maximum Gasteiger partial charge on any atom is 0.226 e. The first kappa shape index (κ1) is 12.2. The van der Waals surface area contributed by atoms with E-state index in [9.17, 15) is 4.79 Å². The van der Waals surface area contributed by atoms with E-state index in [0.717, 1.165) is 31.3 Å². The van der Waals surface area contributed by atoms with Gasteiger partial charge in [0.05, 0.1) is 0 Å². The zero-order chi connectivity index (χ0) is 10.4. The molecule has 0 bridgehead atoms. The van der Waals surface area contributed by atoms with Gasteiger partial charge in [0.25, 0.3) is 0 Å². The van der Waals surface area contributed by atoms with Crippen LogP contribution in [0.2, 0.25) is 0 Å². The molecule has 2 saturated carbocycles. The van der Waals surface area contributed by atoms with Crippen LogP contribution in [0.5, 0.6) is 0 Å². The summed E-state index contributed by atoms with van der Waals surface area (Å²) in [5.41, 5.74) is 0. The lowest BCUT2D eigenvalue weighted by atomic mass is 10.1. The molecule has 1 amide bonds. The standard InChI is InChI=1S/C12H20N2O.ClH/c1-14(9-4-5-13-7-9)12(15)11-6-10(11)8-2-3-8;/h8-11,13H,2-7H2,1H3;1H. The van der Waals surface area contributed by atoms with Gasteiger partial charge in [-0.1, -0.05) is 0 Å². The fraction of sp³-hybridized carbons (Fsp3) is 0.917. The molecule has 0 aromatic carbocycles. The molecule has 1 aliphatic heterocycles. The van der Waals surface area contributed by atoms with Gasteiger partial charge in [0.2, 0.25) is 5.91 Å². The molecule has 3 atom stereocenters. The lowest BCUT2D eigenvalue weighted by Crippen LogP contribution is -2.39. The van der Waals surface area contributed by atoms with Gasteiger partial charge in [-0.3, -0.25) is 4.79 Å². The van der Waals surface area contributed by atoms with Gasteiger partial charge in [-0.15, -0.1) is 12.4 Å². The number of hydrogen-bond acceptors (Lipinski definition) is 2. The van der Waals surface area contributed by atoms with Crippen molar-refractivity contribution in [3.63, 3.8) is 0 Å². The highest BCUT2D eigenvalue weighted by molar-refractivity contribution is 5.85. The molecule has 2 aliphatic carbocycles. The summed E-state index contributed by atoms with van der Waals surface area (Å²) in [5.74, 6) is 2.48. The molecule has 1 N–H and O–H groups in total. The second-order valence-electron chi connectivity index (χ2n) is 5.44. The lowest BCUT2D eigenvalue weighted by Gasteiger charge is -2.24. The normalized spacial score (nSPS) is 36.7. The number of nitrogens with one attached hydrogen (secondary N) is 1. The minimum absolute atomic E-state index is 0. The Hall–Kier alpha value is -0.280. The molecule has 3 nitrogen and oxygen atoms in total. The van der Waals surface area contributed by atoms with Gasteiger partial charge in [0.1, 0.15) is 0 Å². The van der Waals surface area contributed by atoms with Crippen molar-refractivity contribution < 1.29 is 4.79 Å². The zero-order valence-corrected chi connectivity index (χ0v) is 10.6. The van der Waals surface area contributed by atoms with E-state index in [4.69, 9.17) is 0 Å². The van der Waals surface area contributed by atoms with Crippen LogP contribution in [0, 0.1) is 17.8 Å². The molecular weight excluding hydrogens is 224 g/mol. The number of carbonyl (C=O) groups is 1. The van der Waals surface area contributed by atoms with E-state index in [1.54, 1.807) is 0 Å². The summed E-state index contributed by atoms with van der Waals surface area (Å²) in [6.07, 6.45) is 5.06. The van der Waals surface area contributed by atoms with Gasteiger partial charge in [0, 0.05) is 25.6 Å². The molecule has 3 fully saturated rings. The molecule has 0 aromatic heterocycles. The van der Waals surface area contributed by atoms with E-state index in [2.05, 4.69) is 5.32 Å². The van der Waals surface area contributed by atoms with Crippen LogP contribution in [0.15, 0.2) is 0 Å². The van der Waals surface area contributed by atoms with Crippen molar-refractivity contribution in [2.75, 3.05) is 20.1 Å². The largest absolute Gasteiger partial charge is 0.341 e. The Morgan fingerprint density at radius 2 is 2.06 bits per heavy atom. The van der Waals surface area contributed by atoms with E-state index in [1.165, 1.54) is 19.3 Å². The van der Waals surface area contributed by atoms with E-state index < -0.39 is 0 Å². The predicted molar refractivity (Wildman–Crippen MR) is 65.6 cm³/mol. The minimum atomic E-state index is 0. The molecule has 92 valence electrons. The van der Waals surface area contributed by atoms with E-state index in [-0.39, 0.29) is 12.4 Å². The second kappa shape index (κ2) is 4.53. The second-order valence-corrected chi connectivity index (χ2v) is 5.44. The number of amides is 1. The van der Waals surface area contributed by atoms with Gasteiger partial charge >= 0.3 is 0 Å². The highest BCUT2D eigenvalue weighted by Gasteiger charge is 2.52. The summed E-state index contributed by atoms with van der Waals surface area (Å²) in [6, 6.07) is 0.456. The summed E-state index contributed by atoms with van der Waals surface area (Å²) in [7, 11) is 1.99. The van der Waals surface area contributed by atoms with E-state index in [0.29, 0.717) is 17.9 Å². The molecule has 0 spiro atoms. The van der Waals surface area contributed by atoms with Crippen molar-refractivity contribution in [2.45, 2.75) is 31.7 Å². The van der Waals surface area contributed by atoms with Gasteiger partial charge in [-0.05, 0) is 44.1 Å². The third kappa shape index (κ3) is 2.21.